The van der Waals surface area contributed by atoms with E-state index in [9.17, 15) is 29.0 Å². The third kappa shape index (κ3) is 10.8. The minimum absolute atomic E-state index is 0.130. The van der Waals surface area contributed by atoms with E-state index in [1.54, 1.807) is 30.3 Å². The lowest BCUT2D eigenvalue weighted by Gasteiger charge is -2.48. The third-order valence-corrected chi connectivity index (χ3v) is 16.9. The number of anilines is 6. The number of nitrogens with one attached hydrogen (secondary N) is 2. The number of phosphoric acid groups is 1. The van der Waals surface area contributed by atoms with Crippen molar-refractivity contribution in [2.24, 2.45) is 5.41 Å². The van der Waals surface area contributed by atoms with Gasteiger partial charge in [-0.05, 0) is 132 Å². The lowest BCUT2D eigenvalue weighted by atomic mass is 9.78. The molecule has 2 saturated heterocycles. The van der Waals surface area contributed by atoms with Crippen molar-refractivity contribution in [1.29, 1.82) is 0 Å². The van der Waals surface area contributed by atoms with Gasteiger partial charge >= 0.3 is 7.82 Å². The molecule has 5 aliphatic rings. The Balaban J connectivity index is 0.812. The van der Waals surface area contributed by atoms with Gasteiger partial charge in [0.1, 0.15) is 11.5 Å². The fourth-order valence-corrected chi connectivity index (χ4v) is 13.3. The number of piperazine rings is 1. The normalized spacial score (nSPS) is 23.9. The van der Waals surface area contributed by atoms with Gasteiger partial charge in [0.2, 0.25) is 5.91 Å². The second kappa shape index (κ2) is 20.7. The number of aliphatic hydroxyl groups excluding tert-OH is 1. The van der Waals surface area contributed by atoms with Crippen molar-refractivity contribution in [2.75, 3.05) is 65.2 Å². The molecule has 2 aliphatic carbocycles. The molecule has 398 valence electrons. The van der Waals surface area contributed by atoms with E-state index in [1.807, 2.05) is 30.5 Å². The molecular weight excluding hydrogens is 974 g/mol. The second-order valence-electron chi connectivity index (χ2n) is 22.1. The molecule has 1 aromatic carbocycles. The molecule has 3 fully saturated rings. The number of hydrogen-bond donors (Lipinski definition) is 5. The predicted molar refractivity (Wildman–Crippen MR) is 289 cm³/mol. The number of carbonyl (C=O) groups is 2. The maximum absolute atomic E-state index is 14.1. The van der Waals surface area contributed by atoms with Crippen molar-refractivity contribution < 1.29 is 38.3 Å². The topological polar surface area (TPSA) is 224 Å². The van der Waals surface area contributed by atoms with Gasteiger partial charge in [-0.1, -0.05) is 20.4 Å². The standard InChI is InChI=1S/C55H70N11O8P/c1-8-49(68)60-44-27-38(59-50-52(73-7)58-31-45(61-50)41-14-19-57-51(42(41)33-67)66-24-23-65-47(53(66)69)26-37-29-54(4,5)30-48(37)65)9-10-46(44)64-22-21-62(32-35(64)3)39-15-20-63(34(2)25-39)40-13-18-56-43(28-40)36-11-16-55(6,17-12-36)74-75(70,71)72/h8-10,13-14,18-19,26-28,31,34-36,39,67H,1,11-12,15-17,20-25,29-30,32-33H2,2-7H3,(H,59,61)(H,60,68)(H2,70,71,72)/t34-,35+,36?,39?,55?/m1/s1. The van der Waals surface area contributed by atoms with Crippen molar-refractivity contribution in [3.63, 3.8) is 0 Å². The van der Waals surface area contributed by atoms with E-state index in [-0.39, 0.29) is 41.7 Å². The molecule has 2 amide bonds. The molecule has 5 aromatic rings. The first-order valence-electron chi connectivity index (χ1n) is 26.2. The van der Waals surface area contributed by atoms with Gasteiger partial charge in [-0.3, -0.25) is 28.9 Å². The number of pyridine rings is 2. The Morgan fingerprint density at radius 2 is 1.72 bits per heavy atom. The van der Waals surface area contributed by atoms with Crippen LogP contribution in [0.3, 0.4) is 0 Å². The number of hydrogen-bond acceptors (Lipinski definition) is 14. The molecule has 1 saturated carbocycles. The third-order valence-electron chi connectivity index (χ3n) is 16.2. The summed E-state index contributed by atoms with van der Waals surface area (Å²) in [6.07, 6.45) is 12.8. The highest BCUT2D eigenvalue weighted by Gasteiger charge is 2.40. The van der Waals surface area contributed by atoms with E-state index in [0.29, 0.717) is 83.5 Å². The first kappa shape index (κ1) is 52.2. The quantitative estimate of drug-likeness (QED) is 0.0525. The Morgan fingerprint density at radius 3 is 2.44 bits per heavy atom. The van der Waals surface area contributed by atoms with Crippen LogP contribution in [0.1, 0.15) is 112 Å². The van der Waals surface area contributed by atoms with E-state index in [1.165, 1.54) is 24.4 Å². The van der Waals surface area contributed by atoms with E-state index in [0.717, 1.165) is 81.8 Å². The molecule has 19 nitrogen and oxygen atoms in total. The molecule has 7 heterocycles. The number of piperidine rings is 1. The summed E-state index contributed by atoms with van der Waals surface area (Å²) in [5.41, 5.74) is 8.19. The number of aromatic nitrogens is 5. The fourth-order valence-electron chi connectivity index (χ4n) is 12.5. The zero-order valence-electron chi connectivity index (χ0n) is 43.8. The lowest BCUT2D eigenvalue weighted by Crippen LogP contribution is -2.58. The summed E-state index contributed by atoms with van der Waals surface area (Å²) in [4.78, 5) is 74.0. The van der Waals surface area contributed by atoms with Crippen LogP contribution in [0.25, 0.3) is 11.3 Å². The minimum Gasteiger partial charge on any atom is -0.478 e. The van der Waals surface area contributed by atoms with Crippen molar-refractivity contribution in [2.45, 2.75) is 129 Å². The molecule has 3 atom stereocenters. The van der Waals surface area contributed by atoms with Crippen LogP contribution in [0.15, 0.2) is 73.7 Å². The Labute approximate surface area is 438 Å². The average molecular weight is 1040 g/mol. The maximum atomic E-state index is 14.1. The van der Waals surface area contributed by atoms with E-state index in [4.69, 9.17) is 19.2 Å². The van der Waals surface area contributed by atoms with Gasteiger partial charge in [0.05, 0.1) is 42.6 Å². The average Bonchev–Trinajstić information content (AvgIpc) is 3.88. The first-order chi connectivity index (χ1) is 35.8. The lowest BCUT2D eigenvalue weighted by molar-refractivity contribution is -0.111. The van der Waals surface area contributed by atoms with Crippen LogP contribution in [0.2, 0.25) is 0 Å². The van der Waals surface area contributed by atoms with Gasteiger partial charge in [-0.15, -0.1) is 0 Å². The number of aliphatic hydroxyl groups is 1. The van der Waals surface area contributed by atoms with Gasteiger partial charge < -0.3 is 44.6 Å². The van der Waals surface area contributed by atoms with Gasteiger partial charge in [0.25, 0.3) is 11.8 Å². The van der Waals surface area contributed by atoms with Crippen LogP contribution in [-0.4, -0.2) is 120 Å². The summed E-state index contributed by atoms with van der Waals surface area (Å²) in [5, 5.41) is 17.3. The number of benzene rings is 1. The summed E-state index contributed by atoms with van der Waals surface area (Å²) < 4.78 is 24.6. The van der Waals surface area contributed by atoms with Crippen molar-refractivity contribution >= 4 is 54.0 Å². The molecule has 0 bridgehead atoms. The second-order valence-corrected chi connectivity index (χ2v) is 23.3. The molecular formula is C55H70N11O8P. The number of rotatable bonds is 14. The minimum atomic E-state index is -4.57. The van der Waals surface area contributed by atoms with Crippen molar-refractivity contribution in [3.05, 3.63) is 102 Å². The molecule has 10 rings (SSSR count). The van der Waals surface area contributed by atoms with Gasteiger partial charge in [0, 0.05) is 110 Å². The molecule has 0 radical (unpaired) electrons. The number of nitrogens with zero attached hydrogens (tertiary/aromatic N) is 9. The molecule has 0 spiro atoms. The predicted octanol–water partition coefficient (Wildman–Crippen LogP) is 7.98. The summed E-state index contributed by atoms with van der Waals surface area (Å²) in [6.45, 7) is 18.6. The summed E-state index contributed by atoms with van der Waals surface area (Å²) in [6, 6.07) is 14.7. The number of methoxy groups -OCH3 is 1. The van der Waals surface area contributed by atoms with Crippen LogP contribution >= 0.6 is 7.82 Å². The highest BCUT2D eigenvalue weighted by atomic mass is 31.2. The number of amides is 2. The molecule has 75 heavy (non-hydrogen) atoms. The maximum Gasteiger partial charge on any atom is 0.470 e. The highest BCUT2D eigenvalue weighted by molar-refractivity contribution is 7.46. The highest BCUT2D eigenvalue weighted by Crippen LogP contribution is 2.49. The van der Waals surface area contributed by atoms with Gasteiger partial charge in [-0.2, -0.15) is 0 Å². The Bertz CT molecular complexity index is 3040. The van der Waals surface area contributed by atoms with Crippen molar-refractivity contribution in [3.8, 4) is 17.1 Å². The van der Waals surface area contributed by atoms with E-state index >= 15 is 0 Å². The van der Waals surface area contributed by atoms with Gasteiger partial charge in [0.15, 0.2) is 5.82 Å². The summed E-state index contributed by atoms with van der Waals surface area (Å²) in [5.74, 6) is 0.647. The Kier molecular flexibility index (Phi) is 14.4. The smallest absolute Gasteiger partial charge is 0.470 e. The number of phosphoric ester groups is 1. The zero-order valence-corrected chi connectivity index (χ0v) is 44.7. The fraction of sp³-hybridized carbons (Fsp3) is 0.491. The van der Waals surface area contributed by atoms with E-state index in [2.05, 4.69) is 86.3 Å². The Hall–Kier alpha value is -6.21. The molecule has 1 unspecified atom stereocenters. The first-order valence-corrected chi connectivity index (χ1v) is 27.7. The number of carbonyl (C=O) groups excluding carboxylic acids is 2. The van der Waals surface area contributed by atoms with Gasteiger partial charge in [-0.25, -0.2) is 19.5 Å². The molecule has 4 aromatic heterocycles. The van der Waals surface area contributed by atoms with E-state index < -0.39 is 13.4 Å². The van der Waals surface area contributed by atoms with Crippen LogP contribution in [0.5, 0.6) is 5.88 Å². The SMILES string of the molecule is C=CC(=O)Nc1cc(Nc2nc(-c3ccnc(N4CCn5c(cc6c5CC(C)(C)C6)C4=O)c3CO)cnc2OC)ccc1N1CCN(C2CCN(c3ccnc(C4CCC(C)(OP(=O)(O)O)CC4)c3)[C@H](C)C2)C[C@@H]1C. The largest absolute Gasteiger partial charge is 0.478 e. The summed E-state index contributed by atoms with van der Waals surface area (Å²) >= 11 is 0. The molecule has 5 N–H and O–H groups in total. The van der Waals surface area contributed by atoms with Crippen molar-refractivity contribution in [1.82, 2.24) is 29.4 Å². The monoisotopic (exact) mass is 1040 g/mol. The van der Waals surface area contributed by atoms with Crippen LogP contribution < -0.4 is 30.1 Å². The van der Waals surface area contributed by atoms with Crippen LogP contribution in [0.4, 0.5) is 34.4 Å². The molecule has 3 aliphatic heterocycles. The van der Waals surface area contributed by atoms with Crippen LogP contribution in [-0.2, 0) is 39.9 Å². The number of fused-ring (bicyclic) bond motifs is 3. The molecule has 20 heteroatoms. The number of ether oxygens (including phenoxy) is 1. The Morgan fingerprint density at radius 1 is 0.933 bits per heavy atom. The van der Waals surface area contributed by atoms with Crippen LogP contribution in [0, 0.1) is 5.41 Å². The summed E-state index contributed by atoms with van der Waals surface area (Å²) in [7, 11) is -3.06. The zero-order chi connectivity index (χ0) is 53.0.